The third-order valence-electron chi connectivity index (χ3n) is 7.45. The smallest absolute Gasteiger partial charge is 0.336 e. The van der Waals surface area contributed by atoms with Crippen molar-refractivity contribution in [3.8, 4) is 17.0 Å². The van der Waals surface area contributed by atoms with E-state index in [-0.39, 0.29) is 11.7 Å². The van der Waals surface area contributed by atoms with Crippen LogP contribution in [0, 0.1) is 5.92 Å². The van der Waals surface area contributed by atoms with Crippen LogP contribution in [0.25, 0.3) is 22.2 Å². The van der Waals surface area contributed by atoms with Crippen molar-refractivity contribution in [3.63, 3.8) is 0 Å². The van der Waals surface area contributed by atoms with E-state index >= 15 is 0 Å². The zero-order chi connectivity index (χ0) is 25.7. The molecule has 6 rings (SSSR count). The van der Waals surface area contributed by atoms with Crippen molar-refractivity contribution in [3.05, 3.63) is 76.3 Å². The number of ketones is 1. The number of carbonyl (C=O) groups excluding carboxylic acids is 1. The minimum Gasteiger partial charge on any atom is -0.457 e. The lowest BCUT2D eigenvalue weighted by Crippen LogP contribution is -2.48. The number of Topliss-reactive ketones (excluding diaryl/α,β-unsaturated/α-hetero) is 1. The average molecular weight is 500 g/mol. The van der Waals surface area contributed by atoms with Crippen LogP contribution < -0.4 is 10.4 Å². The predicted molar refractivity (Wildman–Crippen MR) is 138 cm³/mol. The lowest BCUT2D eigenvalue weighted by molar-refractivity contribution is -0.0249. The maximum atomic E-state index is 14.2. The van der Waals surface area contributed by atoms with Crippen LogP contribution in [-0.2, 0) is 12.3 Å². The lowest BCUT2D eigenvalue weighted by Gasteiger charge is -2.33. The summed E-state index contributed by atoms with van der Waals surface area (Å²) >= 11 is 0. The molecule has 190 valence electrons. The van der Waals surface area contributed by atoms with Gasteiger partial charge in [-0.2, -0.15) is 0 Å². The highest BCUT2D eigenvalue weighted by Gasteiger charge is 2.54. The zero-order valence-corrected chi connectivity index (χ0v) is 21.2. The summed E-state index contributed by atoms with van der Waals surface area (Å²) in [5, 5.41) is 9.42. The number of benzene rings is 2. The van der Waals surface area contributed by atoms with Crippen molar-refractivity contribution in [2.45, 2.75) is 26.1 Å². The van der Waals surface area contributed by atoms with Gasteiger partial charge in [0.05, 0.1) is 17.3 Å². The maximum absolute atomic E-state index is 14.2. The highest BCUT2D eigenvalue weighted by Crippen LogP contribution is 2.47. The number of hydrogen-bond donors (Lipinski definition) is 0. The molecule has 2 aromatic carbocycles. The van der Waals surface area contributed by atoms with Crippen LogP contribution in [0.5, 0.6) is 5.75 Å². The molecule has 1 saturated heterocycles. The van der Waals surface area contributed by atoms with Crippen LogP contribution in [-0.4, -0.2) is 63.8 Å². The van der Waals surface area contributed by atoms with Crippen LogP contribution >= 0.6 is 0 Å². The monoisotopic (exact) mass is 499 g/mol. The van der Waals surface area contributed by atoms with Gasteiger partial charge in [-0.3, -0.25) is 9.69 Å². The summed E-state index contributed by atoms with van der Waals surface area (Å²) in [6, 6.07) is 14.6. The van der Waals surface area contributed by atoms with Crippen molar-refractivity contribution >= 4 is 16.8 Å². The van der Waals surface area contributed by atoms with E-state index < -0.39 is 11.4 Å². The molecule has 9 heteroatoms. The van der Waals surface area contributed by atoms with Gasteiger partial charge in [0, 0.05) is 55.7 Å². The molecule has 2 aliphatic rings. The third-order valence-corrected chi connectivity index (χ3v) is 7.45. The molecule has 0 N–H and O–H groups in total. The molecular weight excluding hydrogens is 470 g/mol. The number of carbonyl (C=O) groups is 1. The molecule has 1 unspecified atom stereocenters. The first-order chi connectivity index (χ1) is 17.9. The molecular formula is C28H29N5O4. The summed E-state index contributed by atoms with van der Waals surface area (Å²) < 4.78 is 13.9. The van der Waals surface area contributed by atoms with Crippen LogP contribution in [0.2, 0.25) is 0 Å². The summed E-state index contributed by atoms with van der Waals surface area (Å²) in [4.78, 5) is 31.0. The Kier molecular flexibility index (Phi) is 5.69. The fourth-order valence-corrected chi connectivity index (χ4v) is 5.28. The SMILES string of the molecule is CC(C)C1(n2cc(-c3ccccc3)nn2)Oc2c(cc3ccc(=O)oc3c2CN2CCN(C)CC2)C1=O. The van der Waals surface area contributed by atoms with E-state index in [4.69, 9.17) is 9.15 Å². The van der Waals surface area contributed by atoms with Crippen molar-refractivity contribution in [1.82, 2.24) is 24.8 Å². The summed E-state index contributed by atoms with van der Waals surface area (Å²) in [5.74, 6) is 0.00954. The molecule has 1 fully saturated rings. The Labute approximate surface area is 214 Å². The topological polar surface area (TPSA) is 93.7 Å². The Bertz CT molecular complexity index is 1540. The van der Waals surface area contributed by atoms with Crippen LogP contribution in [0.1, 0.15) is 29.8 Å². The van der Waals surface area contributed by atoms with E-state index in [1.807, 2.05) is 44.2 Å². The Hall–Kier alpha value is -3.82. The molecule has 0 amide bonds. The number of hydrogen-bond acceptors (Lipinski definition) is 8. The minimum absolute atomic E-state index is 0.185. The Morgan fingerprint density at radius 2 is 1.78 bits per heavy atom. The van der Waals surface area contributed by atoms with Gasteiger partial charge in [0.2, 0.25) is 5.78 Å². The minimum atomic E-state index is -1.41. The van der Waals surface area contributed by atoms with E-state index in [0.29, 0.717) is 40.1 Å². The molecule has 0 aliphatic carbocycles. The first-order valence-electron chi connectivity index (χ1n) is 12.6. The molecule has 4 aromatic rings. The Morgan fingerprint density at radius 1 is 1.03 bits per heavy atom. The van der Waals surface area contributed by atoms with Crippen molar-refractivity contribution in [2.75, 3.05) is 33.2 Å². The Morgan fingerprint density at radius 3 is 2.51 bits per heavy atom. The van der Waals surface area contributed by atoms with Gasteiger partial charge in [0.1, 0.15) is 17.0 Å². The van der Waals surface area contributed by atoms with Crippen molar-refractivity contribution < 1.29 is 13.9 Å². The molecule has 1 atom stereocenters. The summed E-state index contributed by atoms with van der Waals surface area (Å²) in [6.45, 7) is 7.99. The number of aromatic nitrogens is 3. The second-order valence-electron chi connectivity index (χ2n) is 10.2. The summed E-state index contributed by atoms with van der Waals surface area (Å²) in [5.41, 5.74) is 1.36. The van der Waals surface area contributed by atoms with Gasteiger partial charge in [0.25, 0.3) is 5.72 Å². The second kappa shape index (κ2) is 8.93. The van der Waals surface area contributed by atoms with Gasteiger partial charge in [-0.15, -0.1) is 5.10 Å². The first-order valence-corrected chi connectivity index (χ1v) is 12.6. The highest BCUT2D eigenvalue weighted by molar-refractivity contribution is 6.09. The molecule has 2 aromatic heterocycles. The standard InChI is InChI=1S/C28H29N5O4/c1-18(2)28(33-17-23(29-30-33)19-7-5-4-6-8-19)27(35)21-15-20-9-10-24(34)36-25(20)22(26(21)37-28)16-32-13-11-31(3)12-14-32/h4-10,15,17-18H,11-14,16H2,1-3H3. The molecule has 0 saturated carbocycles. The third kappa shape index (κ3) is 3.86. The van der Waals surface area contributed by atoms with E-state index in [9.17, 15) is 9.59 Å². The van der Waals surface area contributed by atoms with Gasteiger partial charge >= 0.3 is 5.63 Å². The quantitative estimate of drug-likeness (QED) is 0.386. The molecule has 9 nitrogen and oxygen atoms in total. The van der Waals surface area contributed by atoms with Crippen molar-refractivity contribution in [2.24, 2.45) is 5.92 Å². The molecule has 4 heterocycles. The number of ether oxygens (including phenoxy) is 1. The Balaban J connectivity index is 1.48. The van der Waals surface area contributed by atoms with Gasteiger partial charge in [-0.1, -0.05) is 49.4 Å². The zero-order valence-electron chi connectivity index (χ0n) is 21.2. The maximum Gasteiger partial charge on any atom is 0.336 e. The molecule has 0 bridgehead atoms. The van der Waals surface area contributed by atoms with Crippen LogP contribution in [0.3, 0.4) is 0 Å². The van der Waals surface area contributed by atoms with Gasteiger partial charge < -0.3 is 14.1 Å². The predicted octanol–water partition coefficient (Wildman–Crippen LogP) is 3.38. The van der Waals surface area contributed by atoms with E-state index in [2.05, 4.69) is 27.2 Å². The molecule has 0 spiro atoms. The fourth-order valence-electron chi connectivity index (χ4n) is 5.28. The van der Waals surface area contributed by atoms with Crippen molar-refractivity contribution in [1.29, 1.82) is 0 Å². The largest absolute Gasteiger partial charge is 0.457 e. The van der Waals surface area contributed by atoms with E-state index in [1.165, 1.54) is 6.07 Å². The van der Waals surface area contributed by atoms with Gasteiger partial charge in [-0.05, 0) is 19.2 Å². The number of nitrogens with zero attached hydrogens (tertiary/aromatic N) is 5. The number of likely N-dealkylation sites (N-methyl/N-ethyl adjacent to an activating group) is 1. The van der Waals surface area contributed by atoms with E-state index in [1.54, 1.807) is 23.0 Å². The first kappa shape index (κ1) is 23.6. The normalized spacial score (nSPS) is 20.5. The number of rotatable bonds is 5. The van der Waals surface area contributed by atoms with Crippen LogP contribution in [0.4, 0.5) is 0 Å². The second-order valence-corrected chi connectivity index (χ2v) is 10.2. The average Bonchev–Trinajstić information content (AvgIpc) is 3.50. The molecule has 0 radical (unpaired) electrons. The van der Waals surface area contributed by atoms with Gasteiger partial charge in [-0.25, -0.2) is 9.48 Å². The van der Waals surface area contributed by atoms with Gasteiger partial charge in [0.15, 0.2) is 0 Å². The number of piperazine rings is 1. The molecule has 37 heavy (non-hydrogen) atoms. The summed E-state index contributed by atoms with van der Waals surface area (Å²) in [6.07, 6.45) is 1.76. The van der Waals surface area contributed by atoms with Crippen LogP contribution in [0.15, 0.2) is 63.9 Å². The summed E-state index contributed by atoms with van der Waals surface area (Å²) in [7, 11) is 2.10. The van der Waals surface area contributed by atoms with E-state index in [0.717, 1.165) is 31.7 Å². The highest BCUT2D eigenvalue weighted by atomic mass is 16.5. The molecule has 2 aliphatic heterocycles. The fraction of sp³-hybridized carbons (Fsp3) is 0.357. The number of fused-ring (bicyclic) bond motifs is 2. The lowest BCUT2D eigenvalue weighted by atomic mass is 9.91.